The molecule has 0 unspecified atom stereocenters. The van der Waals surface area contributed by atoms with E-state index in [1.54, 1.807) is 0 Å². The van der Waals surface area contributed by atoms with Crippen molar-refractivity contribution in [3.05, 3.63) is 11.7 Å². The molecular weight excluding hydrogens is 429 g/mol. The van der Waals surface area contributed by atoms with Gasteiger partial charge in [-0.1, -0.05) is 39.3 Å². The van der Waals surface area contributed by atoms with Gasteiger partial charge in [-0.25, -0.2) is 4.99 Å². The van der Waals surface area contributed by atoms with Crippen LogP contribution in [0.3, 0.4) is 0 Å². The zero-order valence-corrected chi connectivity index (χ0v) is 18.6. The molecule has 1 fully saturated rings. The molecule has 1 heterocycles. The molecule has 0 saturated heterocycles. The van der Waals surface area contributed by atoms with Gasteiger partial charge in [0.1, 0.15) is 6.54 Å². The monoisotopic (exact) mass is 463 g/mol. The lowest BCUT2D eigenvalue weighted by Crippen LogP contribution is -2.44. The van der Waals surface area contributed by atoms with Gasteiger partial charge in [0, 0.05) is 18.0 Å². The highest BCUT2D eigenvalue weighted by Gasteiger charge is 2.22. The van der Waals surface area contributed by atoms with Crippen molar-refractivity contribution in [3.8, 4) is 0 Å². The van der Waals surface area contributed by atoms with Crippen LogP contribution in [0.15, 0.2) is 9.52 Å². The highest BCUT2D eigenvalue weighted by atomic mass is 127. The van der Waals surface area contributed by atoms with Crippen LogP contribution < -0.4 is 10.6 Å². The fraction of sp³-hybridized carbons (Fsp3) is 0.833. The van der Waals surface area contributed by atoms with Gasteiger partial charge in [-0.2, -0.15) is 4.98 Å². The largest absolute Gasteiger partial charge is 0.357 e. The van der Waals surface area contributed by atoms with Crippen LogP contribution in [0.25, 0.3) is 0 Å². The Kier molecular flexibility index (Phi) is 9.16. The summed E-state index contributed by atoms with van der Waals surface area (Å²) in [5.41, 5.74) is -0.129. The summed E-state index contributed by atoms with van der Waals surface area (Å²) in [5.74, 6) is 3.03. The number of nitrogens with zero attached hydrogens (tertiary/aromatic N) is 3. The second-order valence-corrected chi connectivity index (χ2v) is 7.73. The van der Waals surface area contributed by atoms with Crippen molar-refractivity contribution < 1.29 is 4.52 Å². The number of halogens is 1. The van der Waals surface area contributed by atoms with Crippen LogP contribution >= 0.6 is 24.0 Å². The summed E-state index contributed by atoms with van der Waals surface area (Å²) in [6, 6.07) is 0.515. The molecule has 7 heteroatoms. The summed E-state index contributed by atoms with van der Waals surface area (Å²) in [6.07, 6.45) is 6.37. The zero-order valence-electron chi connectivity index (χ0n) is 16.3. The Hall–Kier alpha value is -0.860. The summed E-state index contributed by atoms with van der Waals surface area (Å²) in [6.45, 7) is 11.8. The maximum Gasteiger partial charge on any atom is 0.232 e. The molecule has 1 aliphatic rings. The summed E-state index contributed by atoms with van der Waals surface area (Å²) in [4.78, 5) is 9.06. The lowest BCUT2D eigenvalue weighted by molar-refractivity contribution is 0.304. The number of hydrogen-bond acceptors (Lipinski definition) is 4. The third-order valence-corrected chi connectivity index (χ3v) is 4.60. The van der Waals surface area contributed by atoms with Gasteiger partial charge in [-0.05, 0) is 38.5 Å². The number of hydrogen-bond donors (Lipinski definition) is 2. The van der Waals surface area contributed by atoms with Crippen LogP contribution in [-0.2, 0) is 12.0 Å². The molecule has 0 bridgehead atoms. The smallest absolute Gasteiger partial charge is 0.232 e. The van der Waals surface area contributed by atoms with Crippen LogP contribution in [0.5, 0.6) is 0 Å². The first-order valence-corrected chi connectivity index (χ1v) is 9.30. The van der Waals surface area contributed by atoms with E-state index >= 15 is 0 Å². The third kappa shape index (κ3) is 7.11. The first-order valence-electron chi connectivity index (χ1n) is 9.30. The summed E-state index contributed by atoms with van der Waals surface area (Å²) < 4.78 is 5.32. The lowest BCUT2D eigenvalue weighted by atomic mass is 9.84. The van der Waals surface area contributed by atoms with E-state index in [-0.39, 0.29) is 29.4 Å². The summed E-state index contributed by atoms with van der Waals surface area (Å²) in [7, 11) is 0. The van der Waals surface area contributed by atoms with Crippen LogP contribution in [0.4, 0.5) is 0 Å². The van der Waals surface area contributed by atoms with E-state index in [2.05, 4.69) is 60.4 Å². The molecule has 1 aromatic rings. The van der Waals surface area contributed by atoms with Gasteiger partial charge < -0.3 is 15.2 Å². The number of aromatic nitrogens is 2. The number of nitrogens with one attached hydrogen (secondary N) is 2. The molecule has 0 amide bonds. The Labute approximate surface area is 169 Å². The highest BCUT2D eigenvalue weighted by molar-refractivity contribution is 14.0. The van der Waals surface area contributed by atoms with Crippen molar-refractivity contribution in [2.75, 3.05) is 6.54 Å². The molecule has 1 aliphatic carbocycles. The maximum absolute atomic E-state index is 5.32. The summed E-state index contributed by atoms with van der Waals surface area (Å²) >= 11 is 0. The molecular formula is C18H34IN5O. The average molecular weight is 463 g/mol. The molecule has 1 aromatic heterocycles. The minimum Gasteiger partial charge on any atom is -0.357 e. The van der Waals surface area contributed by atoms with Crippen molar-refractivity contribution >= 4 is 29.9 Å². The van der Waals surface area contributed by atoms with E-state index < -0.39 is 0 Å². The molecule has 1 saturated carbocycles. The SMILES string of the molecule is CCNC(=NCc1noc(C(C)(C)C)n1)NC1CCC(CC)CC1.I. The average Bonchev–Trinajstić information content (AvgIpc) is 3.03. The predicted molar refractivity (Wildman–Crippen MR) is 112 cm³/mol. The molecule has 6 nitrogen and oxygen atoms in total. The second-order valence-electron chi connectivity index (χ2n) is 7.73. The molecule has 0 aliphatic heterocycles. The predicted octanol–water partition coefficient (Wildman–Crippen LogP) is 4.01. The minimum atomic E-state index is -0.129. The normalized spacial score (nSPS) is 21.6. The lowest BCUT2D eigenvalue weighted by Gasteiger charge is -2.29. The van der Waals surface area contributed by atoms with Crippen molar-refractivity contribution in [2.45, 2.75) is 84.7 Å². The standard InChI is InChI=1S/C18H33N5O.HI/c1-6-13-8-10-14(11-9-13)21-17(19-7-2)20-12-15-22-16(24-23-15)18(3,4)5;/h13-14H,6-12H2,1-5H3,(H2,19,20,21);1H. The van der Waals surface area contributed by atoms with Crippen molar-refractivity contribution in [1.82, 2.24) is 20.8 Å². The number of aliphatic imine (C=N–C) groups is 1. The van der Waals surface area contributed by atoms with E-state index in [1.165, 1.54) is 32.1 Å². The van der Waals surface area contributed by atoms with Crippen LogP contribution in [0.2, 0.25) is 0 Å². The van der Waals surface area contributed by atoms with Gasteiger partial charge in [-0.3, -0.25) is 0 Å². The van der Waals surface area contributed by atoms with Gasteiger partial charge in [0.15, 0.2) is 11.8 Å². The molecule has 25 heavy (non-hydrogen) atoms. The van der Waals surface area contributed by atoms with E-state index in [0.29, 0.717) is 24.3 Å². The van der Waals surface area contributed by atoms with Crippen LogP contribution in [0, 0.1) is 5.92 Å². The van der Waals surface area contributed by atoms with E-state index in [9.17, 15) is 0 Å². The Morgan fingerprint density at radius 2 is 1.88 bits per heavy atom. The topological polar surface area (TPSA) is 75.3 Å². The fourth-order valence-corrected chi connectivity index (χ4v) is 3.00. The molecule has 0 radical (unpaired) electrons. The van der Waals surface area contributed by atoms with E-state index in [1.807, 2.05) is 0 Å². The molecule has 0 atom stereocenters. The molecule has 0 aromatic carbocycles. The van der Waals surface area contributed by atoms with Crippen molar-refractivity contribution in [1.29, 1.82) is 0 Å². The number of rotatable bonds is 5. The second kappa shape index (κ2) is 10.3. The fourth-order valence-electron chi connectivity index (χ4n) is 3.00. The minimum absolute atomic E-state index is 0. The first kappa shape index (κ1) is 22.2. The van der Waals surface area contributed by atoms with Gasteiger partial charge in [0.25, 0.3) is 0 Å². The van der Waals surface area contributed by atoms with Crippen molar-refractivity contribution in [3.63, 3.8) is 0 Å². The Bertz CT molecular complexity index is 530. The Morgan fingerprint density at radius 1 is 1.20 bits per heavy atom. The van der Waals surface area contributed by atoms with Gasteiger partial charge in [0.2, 0.25) is 5.89 Å². The highest BCUT2D eigenvalue weighted by Crippen LogP contribution is 2.26. The molecule has 144 valence electrons. The quantitative estimate of drug-likeness (QED) is 0.392. The molecule has 0 spiro atoms. The van der Waals surface area contributed by atoms with E-state index in [0.717, 1.165) is 18.4 Å². The summed E-state index contributed by atoms with van der Waals surface area (Å²) in [5, 5.41) is 10.9. The first-order chi connectivity index (χ1) is 11.4. The van der Waals surface area contributed by atoms with Gasteiger partial charge in [0.05, 0.1) is 0 Å². The molecule has 2 rings (SSSR count). The van der Waals surface area contributed by atoms with Crippen LogP contribution in [0.1, 0.15) is 78.4 Å². The Morgan fingerprint density at radius 3 is 2.40 bits per heavy atom. The Balaban J connectivity index is 0.00000312. The molecule has 2 N–H and O–H groups in total. The van der Waals surface area contributed by atoms with E-state index in [4.69, 9.17) is 4.52 Å². The van der Waals surface area contributed by atoms with Crippen molar-refractivity contribution in [2.24, 2.45) is 10.9 Å². The van der Waals surface area contributed by atoms with Gasteiger partial charge >= 0.3 is 0 Å². The maximum atomic E-state index is 5.32. The number of guanidine groups is 1. The third-order valence-electron chi connectivity index (χ3n) is 4.60. The van der Waals surface area contributed by atoms with Gasteiger partial charge in [-0.15, -0.1) is 24.0 Å². The van der Waals surface area contributed by atoms with Crippen LogP contribution in [-0.4, -0.2) is 28.7 Å². The zero-order chi connectivity index (χ0) is 17.6.